The Kier molecular flexibility index (Phi) is 7.20. The van der Waals surface area contributed by atoms with Crippen LogP contribution in [0.25, 0.3) is 11.4 Å². The fourth-order valence-electron chi connectivity index (χ4n) is 3.55. The smallest absolute Gasteiger partial charge is 0.410 e. The normalized spacial score (nSPS) is 13.6. The molecule has 0 aliphatic carbocycles. The highest BCUT2D eigenvalue weighted by atomic mass is 16.6. The number of pyridine rings is 1. The van der Waals surface area contributed by atoms with Gasteiger partial charge in [0.15, 0.2) is 5.82 Å². The van der Waals surface area contributed by atoms with Crippen LogP contribution >= 0.6 is 0 Å². The second kappa shape index (κ2) is 10.5. The number of nitrogens with zero attached hydrogens (tertiary/aromatic N) is 6. The summed E-state index contributed by atoms with van der Waals surface area (Å²) in [7, 11) is 1.57. The predicted octanol–water partition coefficient (Wildman–Crippen LogP) is 3.79. The number of nitriles is 1. The first-order valence-corrected chi connectivity index (χ1v) is 11.5. The Bertz CT molecular complexity index is 1350. The first kappa shape index (κ1) is 25.4. The Balaban J connectivity index is 1.65. The number of benzene rings is 1. The van der Waals surface area contributed by atoms with Gasteiger partial charge in [0.25, 0.3) is 0 Å². The van der Waals surface area contributed by atoms with E-state index in [1.807, 2.05) is 6.07 Å². The number of methoxy groups -OCH3 is 1. The molecule has 0 saturated carbocycles. The van der Waals surface area contributed by atoms with E-state index < -0.39 is 11.7 Å². The van der Waals surface area contributed by atoms with Gasteiger partial charge in [-0.2, -0.15) is 10.2 Å². The summed E-state index contributed by atoms with van der Waals surface area (Å²) in [5.74, 6) is 1.20. The maximum absolute atomic E-state index is 13.1. The minimum atomic E-state index is -0.669. The largest absolute Gasteiger partial charge is 0.497 e. The van der Waals surface area contributed by atoms with Gasteiger partial charge >= 0.3 is 6.09 Å². The number of rotatable bonds is 5. The van der Waals surface area contributed by atoms with Crippen LogP contribution in [0.5, 0.6) is 17.4 Å². The van der Waals surface area contributed by atoms with Crippen molar-refractivity contribution in [2.24, 2.45) is 0 Å². The molecule has 11 nitrogen and oxygen atoms in total. The van der Waals surface area contributed by atoms with E-state index in [4.69, 9.17) is 14.2 Å². The zero-order valence-electron chi connectivity index (χ0n) is 21.0. The lowest BCUT2D eigenvalue weighted by atomic mass is 10.2. The van der Waals surface area contributed by atoms with Crippen LogP contribution in [0.1, 0.15) is 26.3 Å². The van der Waals surface area contributed by atoms with Crippen molar-refractivity contribution in [3.63, 3.8) is 0 Å². The number of hydrogen-bond acceptors (Lipinski definition) is 9. The van der Waals surface area contributed by atoms with Crippen molar-refractivity contribution in [2.75, 3.05) is 31.6 Å². The molecule has 0 bridgehead atoms. The van der Waals surface area contributed by atoms with E-state index in [1.54, 1.807) is 58.2 Å². The summed E-state index contributed by atoms with van der Waals surface area (Å²) in [4.78, 5) is 41.4. The highest BCUT2D eigenvalue weighted by molar-refractivity contribution is 5.98. The summed E-state index contributed by atoms with van der Waals surface area (Å²) in [6.07, 6.45) is 3.92. The first-order chi connectivity index (χ1) is 17.7. The van der Waals surface area contributed by atoms with E-state index in [-0.39, 0.29) is 37.2 Å². The number of ether oxygens (including phenoxy) is 3. The Morgan fingerprint density at radius 2 is 1.81 bits per heavy atom. The summed E-state index contributed by atoms with van der Waals surface area (Å²) in [6, 6.07) is 10.6. The van der Waals surface area contributed by atoms with Crippen LogP contribution in [0.2, 0.25) is 0 Å². The SMILES string of the molecule is COc1ccc(Oc2nc(-c3cncc(C#N)c3)ncc2N2CCN(C(=O)OC(C)(C)C)CC2=O)cc1. The van der Waals surface area contributed by atoms with E-state index in [2.05, 4.69) is 15.0 Å². The minimum absolute atomic E-state index is 0.136. The zero-order chi connectivity index (χ0) is 26.6. The lowest BCUT2D eigenvalue weighted by Crippen LogP contribution is -2.53. The third-order valence-electron chi connectivity index (χ3n) is 5.30. The van der Waals surface area contributed by atoms with Gasteiger partial charge in [-0.05, 0) is 51.1 Å². The molecular weight excluding hydrogens is 476 g/mol. The number of hydrogen-bond donors (Lipinski definition) is 0. The van der Waals surface area contributed by atoms with Gasteiger partial charge < -0.3 is 19.1 Å². The molecule has 0 unspecified atom stereocenters. The molecule has 1 aliphatic heterocycles. The van der Waals surface area contributed by atoms with E-state index in [0.717, 1.165) is 0 Å². The van der Waals surface area contributed by atoms with Crippen LogP contribution < -0.4 is 14.4 Å². The number of piperazine rings is 1. The number of anilines is 1. The average molecular weight is 503 g/mol. The molecule has 0 radical (unpaired) electrons. The van der Waals surface area contributed by atoms with Crippen molar-refractivity contribution in [2.45, 2.75) is 26.4 Å². The Labute approximate surface area is 214 Å². The van der Waals surface area contributed by atoms with Crippen molar-refractivity contribution in [3.05, 3.63) is 54.5 Å². The molecule has 0 spiro atoms. The molecule has 190 valence electrons. The zero-order valence-corrected chi connectivity index (χ0v) is 21.0. The van der Waals surface area contributed by atoms with Gasteiger partial charge in [0, 0.05) is 31.0 Å². The van der Waals surface area contributed by atoms with Crippen molar-refractivity contribution in [1.29, 1.82) is 5.26 Å². The monoisotopic (exact) mass is 502 g/mol. The minimum Gasteiger partial charge on any atom is -0.497 e. The molecule has 0 atom stereocenters. The fourth-order valence-corrected chi connectivity index (χ4v) is 3.55. The van der Waals surface area contributed by atoms with Crippen molar-refractivity contribution < 1.29 is 23.8 Å². The maximum Gasteiger partial charge on any atom is 0.410 e. The standard InChI is InChI=1S/C26H26N6O5/c1-26(2,3)37-25(34)31-9-10-32(22(33)16-31)21-15-29-23(18-11-17(12-27)13-28-14-18)30-24(21)36-20-7-5-19(35-4)6-8-20/h5-8,11,13-15H,9-10,16H2,1-4H3. The van der Waals surface area contributed by atoms with Gasteiger partial charge in [-0.1, -0.05) is 0 Å². The summed E-state index contributed by atoms with van der Waals surface area (Å²) in [5.41, 5.74) is 0.554. The van der Waals surface area contributed by atoms with E-state index in [0.29, 0.717) is 28.3 Å². The van der Waals surface area contributed by atoms with Gasteiger partial charge in [-0.25, -0.2) is 9.78 Å². The van der Waals surface area contributed by atoms with Gasteiger partial charge in [0.1, 0.15) is 35.4 Å². The highest BCUT2D eigenvalue weighted by Gasteiger charge is 2.33. The van der Waals surface area contributed by atoms with Crippen LogP contribution in [0, 0.1) is 11.3 Å². The average Bonchev–Trinajstić information content (AvgIpc) is 2.88. The number of amides is 2. The van der Waals surface area contributed by atoms with Gasteiger partial charge in [-0.3, -0.25) is 14.7 Å². The predicted molar refractivity (Wildman–Crippen MR) is 133 cm³/mol. The summed E-state index contributed by atoms with van der Waals surface area (Å²) >= 11 is 0. The molecule has 2 aromatic heterocycles. The second-order valence-electron chi connectivity index (χ2n) is 9.18. The maximum atomic E-state index is 13.1. The molecular formula is C26H26N6O5. The molecule has 1 saturated heterocycles. The molecule has 2 amide bonds. The van der Waals surface area contributed by atoms with Crippen LogP contribution in [0.4, 0.5) is 10.5 Å². The topological polar surface area (TPSA) is 131 Å². The third kappa shape index (κ3) is 6.10. The molecule has 1 fully saturated rings. The summed E-state index contributed by atoms with van der Waals surface area (Å²) in [5, 5.41) is 9.22. The Morgan fingerprint density at radius 1 is 1.08 bits per heavy atom. The number of carbonyl (C=O) groups is 2. The Morgan fingerprint density at radius 3 is 2.46 bits per heavy atom. The van der Waals surface area contributed by atoms with E-state index >= 15 is 0 Å². The van der Waals surface area contributed by atoms with E-state index in [9.17, 15) is 14.9 Å². The number of carbonyl (C=O) groups excluding carboxylic acids is 2. The van der Waals surface area contributed by atoms with Crippen LogP contribution in [0.3, 0.4) is 0 Å². The Hall–Kier alpha value is -4.72. The fraction of sp³-hybridized carbons (Fsp3) is 0.308. The summed E-state index contributed by atoms with van der Waals surface area (Å²) in [6.45, 7) is 5.61. The quantitative estimate of drug-likeness (QED) is 0.511. The molecule has 4 rings (SSSR count). The highest BCUT2D eigenvalue weighted by Crippen LogP contribution is 2.33. The van der Waals surface area contributed by atoms with Crippen LogP contribution in [-0.2, 0) is 9.53 Å². The van der Waals surface area contributed by atoms with Crippen molar-refractivity contribution in [3.8, 4) is 34.8 Å². The van der Waals surface area contributed by atoms with E-state index in [1.165, 1.54) is 28.4 Å². The summed E-state index contributed by atoms with van der Waals surface area (Å²) < 4.78 is 16.7. The molecule has 3 aromatic rings. The lowest BCUT2D eigenvalue weighted by Gasteiger charge is -2.35. The molecule has 0 N–H and O–H groups in total. The van der Waals surface area contributed by atoms with Crippen molar-refractivity contribution in [1.82, 2.24) is 19.9 Å². The molecule has 3 heterocycles. The van der Waals surface area contributed by atoms with Crippen LogP contribution in [0.15, 0.2) is 48.9 Å². The molecule has 11 heteroatoms. The molecule has 37 heavy (non-hydrogen) atoms. The number of aromatic nitrogens is 3. The first-order valence-electron chi connectivity index (χ1n) is 11.5. The van der Waals surface area contributed by atoms with Gasteiger partial charge in [0.2, 0.25) is 11.8 Å². The second-order valence-corrected chi connectivity index (χ2v) is 9.18. The van der Waals surface area contributed by atoms with Gasteiger partial charge in [-0.15, -0.1) is 0 Å². The van der Waals surface area contributed by atoms with Gasteiger partial charge in [0.05, 0.1) is 18.9 Å². The molecule has 1 aromatic carbocycles. The third-order valence-corrected chi connectivity index (χ3v) is 5.30. The van der Waals surface area contributed by atoms with Crippen molar-refractivity contribution >= 4 is 17.7 Å². The lowest BCUT2D eigenvalue weighted by molar-refractivity contribution is -0.121. The molecule has 1 aliphatic rings. The van der Waals surface area contributed by atoms with Crippen LogP contribution in [-0.4, -0.2) is 64.2 Å².